The quantitative estimate of drug-likeness (QED) is 0.612. The summed E-state index contributed by atoms with van der Waals surface area (Å²) in [6.07, 6.45) is 1.13. The molecule has 0 saturated carbocycles. The number of hydrogen-bond donors (Lipinski definition) is 0. The fraction of sp³-hybridized carbons (Fsp3) is 0.625. The number of piperazine rings is 1. The first-order valence-corrected chi connectivity index (χ1v) is 8.07. The van der Waals surface area contributed by atoms with Crippen LogP contribution in [0.4, 0.5) is 10.1 Å². The van der Waals surface area contributed by atoms with Crippen LogP contribution in [0.5, 0.6) is 0 Å². The van der Waals surface area contributed by atoms with Crippen LogP contribution in [0.3, 0.4) is 0 Å². The zero-order valence-corrected chi connectivity index (χ0v) is 13.1. The van der Waals surface area contributed by atoms with Gasteiger partial charge in [0.25, 0.3) is 5.69 Å². The molecule has 0 amide bonds. The topological polar surface area (TPSA) is 58.9 Å². The average Bonchev–Trinajstić information content (AvgIpc) is 3.04. The van der Waals surface area contributed by atoms with Crippen molar-refractivity contribution in [2.75, 3.05) is 45.9 Å². The predicted octanol–water partition coefficient (Wildman–Crippen LogP) is 1.89. The lowest BCUT2D eigenvalue weighted by Crippen LogP contribution is -2.47. The van der Waals surface area contributed by atoms with E-state index in [0.29, 0.717) is 12.5 Å². The zero-order chi connectivity index (χ0) is 16.2. The molecule has 2 aliphatic rings. The van der Waals surface area contributed by atoms with Crippen molar-refractivity contribution in [2.45, 2.75) is 13.0 Å². The molecular formula is C16H22FN3O3. The van der Waals surface area contributed by atoms with E-state index in [9.17, 15) is 14.5 Å². The Hall–Kier alpha value is -1.57. The van der Waals surface area contributed by atoms with Crippen LogP contribution in [-0.4, -0.2) is 60.7 Å². The monoisotopic (exact) mass is 323 g/mol. The van der Waals surface area contributed by atoms with E-state index >= 15 is 0 Å². The van der Waals surface area contributed by atoms with Crippen molar-refractivity contribution in [1.29, 1.82) is 0 Å². The third-order valence-corrected chi connectivity index (χ3v) is 4.68. The van der Waals surface area contributed by atoms with Crippen molar-refractivity contribution in [3.05, 3.63) is 39.7 Å². The summed E-state index contributed by atoms with van der Waals surface area (Å²) in [6.45, 7) is 6.50. The number of benzene rings is 1. The Morgan fingerprint density at radius 3 is 2.65 bits per heavy atom. The van der Waals surface area contributed by atoms with Gasteiger partial charge in [-0.3, -0.25) is 15.0 Å². The van der Waals surface area contributed by atoms with Gasteiger partial charge in [-0.25, -0.2) is 4.39 Å². The maximum Gasteiger partial charge on any atom is 0.276 e. The molecule has 0 aromatic heterocycles. The standard InChI is InChI=1S/C16H22FN3O3/c17-15-2-1-3-16(20(21)22)14(15)11-19-7-5-18(6-8-19)10-13-4-9-23-12-13/h1-3,13H,4-12H2/t13-/m1/s1. The van der Waals surface area contributed by atoms with E-state index in [0.717, 1.165) is 52.4 Å². The van der Waals surface area contributed by atoms with Crippen LogP contribution in [0.1, 0.15) is 12.0 Å². The highest BCUT2D eigenvalue weighted by Crippen LogP contribution is 2.24. The molecule has 23 heavy (non-hydrogen) atoms. The van der Waals surface area contributed by atoms with E-state index in [4.69, 9.17) is 4.74 Å². The molecule has 0 radical (unpaired) electrons. The fourth-order valence-electron chi connectivity index (χ4n) is 3.32. The second kappa shape index (κ2) is 7.33. The first-order chi connectivity index (χ1) is 11.1. The Morgan fingerprint density at radius 2 is 2.00 bits per heavy atom. The second-order valence-corrected chi connectivity index (χ2v) is 6.30. The first-order valence-electron chi connectivity index (χ1n) is 8.07. The van der Waals surface area contributed by atoms with Crippen LogP contribution in [0.2, 0.25) is 0 Å². The highest BCUT2D eigenvalue weighted by molar-refractivity contribution is 5.40. The van der Waals surface area contributed by atoms with Crippen molar-refractivity contribution in [3.8, 4) is 0 Å². The molecule has 6 nitrogen and oxygen atoms in total. The highest BCUT2D eigenvalue weighted by Gasteiger charge is 2.25. The summed E-state index contributed by atoms with van der Waals surface area (Å²) >= 11 is 0. The third-order valence-electron chi connectivity index (χ3n) is 4.68. The van der Waals surface area contributed by atoms with E-state index in [2.05, 4.69) is 9.80 Å². The van der Waals surface area contributed by atoms with Gasteiger partial charge in [-0.15, -0.1) is 0 Å². The molecule has 0 unspecified atom stereocenters. The maximum absolute atomic E-state index is 14.0. The number of nitro benzene ring substituents is 1. The van der Waals surface area contributed by atoms with Crippen LogP contribution in [-0.2, 0) is 11.3 Å². The number of hydrogen-bond acceptors (Lipinski definition) is 5. The lowest BCUT2D eigenvalue weighted by Gasteiger charge is -2.35. The van der Waals surface area contributed by atoms with Crippen molar-refractivity contribution in [2.24, 2.45) is 5.92 Å². The number of halogens is 1. The molecule has 0 N–H and O–H groups in total. The van der Waals surface area contributed by atoms with E-state index in [-0.39, 0.29) is 11.3 Å². The molecule has 2 aliphatic heterocycles. The van der Waals surface area contributed by atoms with Crippen LogP contribution < -0.4 is 0 Å². The van der Waals surface area contributed by atoms with E-state index in [1.165, 1.54) is 18.2 Å². The third kappa shape index (κ3) is 4.04. The Labute approximate surface area is 135 Å². The summed E-state index contributed by atoms with van der Waals surface area (Å²) in [5, 5.41) is 11.1. The molecule has 0 spiro atoms. The summed E-state index contributed by atoms with van der Waals surface area (Å²) in [6, 6.07) is 4.05. The van der Waals surface area contributed by atoms with Gasteiger partial charge in [0, 0.05) is 51.9 Å². The Bertz CT molecular complexity index is 556. The lowest BCUT2D eigenvalue weighted by molar-refractivity contribution is -0.386. The van der Waals surface area contributed by atoms with Gasteiger partial charge in [-0.1, -0.05) is 6.07 Å². The molecule has 0 bridgehead atoms. The maximum atomic E-state index is 14.0. The predicted molar refractivity (Wildman–Crippen MR) is 83.7 cm³/mol. The van der Waals surface area contributed by atoms with E-state index in [1.54, 1.807) is 0 Å². The molecule has 0 aliphatic carbocycles. The van der Waals surface area contributed by atoms with Gasteiger partial charge in [-0.05, 0) is 18.4 Å². The van der Waals surface area contributed by atoms with Crippen molar-refractivity contribution < 1.29 is 14.1 Å². The average molecular weight is 323 g/mol. The molecule has 126 valence electrons. The normalized spacial score (nSPS) is 23.3. The number of rotatable bonds is 5. The molecule has 7 heteroatoms. The van der Waals surface area contributed by atoms with Crippen LogP contribution in [0, 0.1) is 21.8 Å². The van der Waals surface area contributed by atoms with Gasteiger partial charge in [0.05, 0.1) is 17.1 Å². The minimum Gasteiger partial charge on any atom is -0.381 e. The van der Waals surface area contributed by atoms with E-state index in [1.807, 2.05) is 0 Å². The van der Waals surface area contributed by atoms with Crippen molar-refractivity contribution >= 4 is 5.69 Å². The highest BCUT2D eigenvalue weighted by atomic mass is 19.1. The zero-order valence-electron chi connectivity index (χ0n) is 13.1. The molecule has 1 aromatic carbocycles. The van der Waals surface area contributed by atoms with Crippen LogP contribution >= 0.6 is 0 Å². The lowest BCUT2D eigenvalue weighted by atomic mass is 10.1. The Balaban J connectivity index is 1.55. The van der Waals surface area contributed by atoms with Gasteiger partial charge in [0.1, 0.15) is 5.82 Å². The molecule has 2 heterocycles. The largest absolute Gasteiger partial charge is 0.381 e. The number of ether oxygens (including phenoxy) is 1. The van der Waals surface area contributed by atoms with Crippen LogP contribution in [0.15, 0.2) is 18.2 Å². The molecule has 3 rings (SSSR count). The summed E-state index contributed by atoms with van der Waals surface area (Å²) in [7, 11) is 0. The second-order valence-electron chi connectivity index (χ2n) is 6.30. The van der Waals surface area contributed by atoms with Gasteiger partial charge >= 0.3 is 0 Å². The Kier molecular flexibility index (Phi) is 5.20. The first kappa shape index (κ1) is 16.3. The van der Waals surface area contributed by atoms with Gasteiger partial charge in [-0.2, -0.15) is 0 Å². The summed E-state index contributed by atoms with van der Waals surface area (Å²) < 4.78 is 19.4. The number of nitro groups is 1. The minimum absolute atomic E-state index is 0.129. The molecule has 2 fully saturated rings. The SMILES string of the molecule is O=[N+]([O-])c1cccc(F)c1CN1CCN(C[C@H]2CCOC2)CC1. The summed E-state index contributed by atoms with van der Waals surface area (Å²) in [4.78, 5) is 15.1. The van der Waals surface area contributed by atoms with Crippen molar-refractivity contribution in [1.82, 2.24) is 9.80 Å². The smallest absolute Gasteiger partial charge is 0.276 e. The Morgan fingerprint density at radius 1 is 1.26 bits per heavy atom. The van der Waals surface area contributed by atoms with Gasteiger partial charge < -0.3 is 9.64 Å². The van der Waals surface area contributed by atoms with Gasteiger partial charge in [0.15, 0.2) is 0 Å². The van der Waals surface area contributed by atoms with Gasteiger partial charge in [0.2, 0.25) is 0 Å². The molecule has 1 aromatic rings. The molecular weight excluding hydrogens is 301 g/mol. The fourth-order valence-corrected chi connectivity index (χ4v) is 3.32. The van der Waals surface area contributed by atoms with E-state index < -0.39 is 10.7 Å². The van der Waals surface area contributed by atoms with Crippen LogP contribution in [0.25, 0.3) is 0 Å². The summed E-state index contributed by atoms with van der Waals surface area (Å²) in [5.74, 6) is 0.124. The number of nitrogens with zero attached hydrogens (tertiary/aromatic N) is 3. The summed E-state index contributed by atoms with van der Waals surface area (Å²) in [5.41, 5.74) is 0.0608. The minimum atomic E-state index is -0.505. The molecule has 2 saturated heterocycles. The van der Waals surface area contributed by atoms with Crippen molar-refractivity contribution in [3.63, 3.8) is 0 Å². The molecule has 1 atom stereocenters.